The molecule has 1 aromatic rings. The van der Waals surface area contributed by atoms with Crippen molar-refractivity contribution in [3.63, 3.8) is 0 Å². The summed E-state index contributed by atoms with van der Waals surface area (Å²) < 4.78 is 11.5. The van der Waals surface area contributed by atoms with Crippen LogP contribution in [0.2, 0.25) is 0 Å². The summed E-state index contributed by atoms with van der Waals surface area (Å²) in [5.74, 6) is 0.591. The van der Waals surface area contributed by atoms with Crippen LogP contribution in [-0.4, -0.2) is 38.6 Å². The van der Waals surface area contributed by atoms with Crippen LogP contribution in [0.25, 0.3) is 0 Å². The van der Waals surface area contributed by atoms with Crippen molar-refractivity contribution in [3.8, 4) is 0 Å². The van der Waals surface area contributed by atoms with Crippen molar-refractivity contribution in [2.45, 2.75) is 44.9 Å². The van der Waals surface area contributed by atoms with Crippen LogP contribution in [0.3, 0.4) is 0 Å². The summed E-state index contributed by atoms with van der Waals surface area (Å²) in [6.45, 7) is 5.93. The van der Waals surface area contributed by atoms with Crippen LogP contribution in [-0.2, 0) is 15.6 Å². The van der Waals surface area contributed by atoms with E-state index in [0.29, 0.717) is 5.75 Å². The van der Waals surface area contributed by atoms with Crippen LogP contribution in [0.4, 0.5) is 0 Å². The normalized spacial score (nSPS) is 28.7. The Hall–Kier alpha value is -1.20. The highest BCUT2D eigenvalue weighted by Gasteiger charge is 2.48. The first-order chi connectivity index (χ1) is 9.89. The first-order valence-electron chi connectivity index (χ1n) is 7.34. The van der Waals surface area contributed by atoms with Crippen LogP contribution in [0.1, 0.15) is 38.9 Å². The van der Waals surface area contributed by atoms with E-state index < -0.39 is 16.3 Å². The summed E-state index contributed by atoms with van der Waals surface area (Å²) in [5.41, 5.74) is 0.515. The van der Waals surface area contributed by atoms with E-state index in [0.717, 1.165) is 12.0 Å². The lowest BCUT2D eigenvalue weighted by molar-refractivity contribution is -0.134. The van der Waals surface area contributed by atoms with Gasteiger partial charge in [0.1, 0.15) is 6.17 Å². The summed E-state index contributed by atoms with van der Waals surface area (Å²) in [7, 11) is -0.926. The number of nitrogens with one attached hydrogen (secondary N) is 1. The number of rotatable bonds is 5. The summed E-state index contributed by atoms with van der Waals surface area (Å²) in [5, 5.41) is 3.46. The minimum absolute atomic E-state index is 0.0607. The molecule has 2 rings (SSSR count). The summed E-state index contributed by atoms with van der Waals surface area (Å²) in [6.07, 6.45) is 2.26. The standard InChI is InChI=1S/C16H24N2O2S/c1-5-16(3)15(19)18(12(2)11-21(4)20)14(17-16)13-9-7-6-8-10-13/h6-10,12,14,17H,5,11H2,1-4H3. The van der Waals surface area contributed by atoms with E-state index in [2.05, 4.69) is 5.32 Å². The second-order valence-corrected chi connectivity index (χ2v) is 7.42. The molecule has 1 heterocycles. The molecule has 1 N–H and O–H groups in total. The average molecular weight is 308 g/mol. The van der Waals surface area contributed by atoms with Gasteiger partial charge in [-0.25, -0.2) is 0 Å². The predicted molar refractivity (Wildman–Crippen MR) is 86.3 cm³/mol. The van der Waals surface area contributed by atoms with Gasteiger partial charge < -0.3 is 4.90 Å². The number of hydrogen-bond donors (Lipinski definition) is 1. The average Bonchev–Trinajstić information content (AvgIpc) is 2.72. The third-order valence-corrected chi connectivity index (χ3v) is 5.17. The third kappa shape index (κ3) is 3.19. The van der Waals surface area contributed by atoms with Gasteiger partial charge in [0.25, 0.3) is 0 Å². The van der Waals surface area contributed by atoms with Crippen LogP contribution >= 0.6 is 0 Å². The van der Waals surface area contributed by atoms with E-state index in [9.17, 15) is 9.00 Å². The van der Waals surface area contributed by atoms with E-state index in [1.807, 2.05) is 56.0 Å². The molecule has 0 radical (unpaired) electrons. The Balaban J connectivity index is 2.36. The Morgan fingerprint density at radius 1 is 1.38 bits per heavy atom. The maximum atomic E-state index is 12.8. The lowest BCUT2D eigenvalue weighted by atomic mass is 9.99. The Kier molecular flexibility index (Phi) is 4.84. The second-order valence-electron chi connectivity index (χ2n) is 5.94. The molecule has 0 aliphatic carbocycles. The fourth-order valence-electron chi connectivity index (χ4n) is 2.84. The van der Waals surface area contributed by atoms with Gasteiger partial charge in [0.05, 0.1) is 5.54 Å². The van der Waals surface area contributed by atoms with Crippen molar-refractivity contribution in [1.82, 2.24) is 10.2 Å². The Morgan fingerprint density at radius 3 is 2.52 bits per heavy atom. The Labute approximate surface area is 129 Å². The molecule has 5 heteroatoms. The van der Waals surface area contributed by atoms with E-state index in [4.69, 9.17) is 0 Å². The molecular weight excluding hydrogens is 284 g/mol. The number of amides is 1. The molecule has 4 nitrogen and oxygen atoms in total. The molecule has 1 aliphatic rings. The van der Waals surface area contributed by atoms with Crippen LogP contribution in [0, 0.1) is 0 Å². The Morgan fingerprint density at radius 2 is 2.00 bits per heavy atom. The molecule has 1 aliphatic heterocycles. The van der Waals surface area contributed by atoms with Gasteiger partial charge in [0.2, 0.25) is 5.91 Å². The van der Waals surface area contributed by atoms with Gasteiger partial charge in [-0.3, -0.25) is 14.3 Å². The highest BCUT2D eigenvalue weighted by atomic mass is 32.2. The van der Waals surface area contributed by atoms with Gasteiger partial charge in [-0.1, -0.05) is 37.3 Å². The molecule has 4 unspecified atom stereocenters. The predicted octanol–water partition coefficient (Wildman–Crippen LogP) is 2.05. The minimum atomic E-state index is -0.926. The molecule has 1 fully saturated rings. The molecule has 1 aromatic carbocycles. The highest BCUT2D eigenvalue weighted by Crippen LogP contribution is 2.34. The fourth-order valence-corrected chi connectivity index (χ4v) is 3.68. The molecule has 0 bridgehead atoms. The first kappa shape index (κ1) is 16.2. The maximum absolute atomic E-state index is 12.8. The van der Waals surface area contributed by atoms with Crippen LogP contribution in [0.15, 0.2) is 30.3 Å². The quantitative estimate of drug-likeness (QED) is 0.906. The van der Waals surface area contributed by atoms with Crippen molar-refractivity contribution >= 4 is 16.7 Å². The first-order valence-corrected chi connectivity index (χ1v) is 9.07. The summed E-state index contributed by atoms with van der Waals surface area (Å²) >= 11 is 0. The molecular formula is C16H24N2O2S. The zero-order chi connectivity index (χ0) is 15.6. The highest BCUT2D eigenvalue weighted by molar-refractivity contribution is 7.84. The smallest absolute Gasteiger partial charge is 0.244 e. The summed E-state index contributed by atoms with van der Waals surface area (Å²) in [4.78, 5) is 14.7. The largest absolute Gasteiger partial charge is 0.318 e. The van der Waals surface area contributed by atoms with Crippen LogP contribution < -0.4 is 5.32 Å². The third-order valence-electron chi connectivity index (χ3n) is 4.21. The molecule has 0 spiro atoms. The zero-order valence-electron chi connectivity index (χ0n) is 13.1. The maximum Gasteiger partial charge on any atom is 0.244 e. The lowest BCUT2D eigenvalue weighted by Gasteiger charge is -2.30. The van der Waals surface area contributed by atoms with Gasteiger partial charge in [0, 0.05) is 28.9 Å². The molecule has 1 saturated heterocycles. The van der Waals surface area contributed by atoms with Crippen LogP contribution in [0.5, 0.6) is 0 Å². The topological polar surface area (TPSA) is 49.4 Å². The molecule has 116 valence electrons. The molecule has 4 atom stereocenters. The number of nitrogens with zero attached hydrogens (tertiary/aromatic N) is 1. The molecule has 0 aromatic heterocycles. The van der Waals surface area contributed by atoms with E-state index in [-0.39, 0.29) is 18.1 Å². The second kappa shape index (κ2) is 6.28. The number of hydrogen-bond acceptors (Lipinski definition) is 3. The number of carbonyl (C=O) groups is 1. The Bertz CT molecular complexity index is 534. The monoisotopic (exact) mass is 308 g/mol. The van der Waals surface area contributed by atoms with E-state index in [1.54, 1.807) is 6.26 Å². The SMILES string of the molecule is CCC1(C)NC(c2ccccc2)N(C(C)CS(C)=O)C1=O. The minimum Gasteiger partial charge on any atom is -0.318 e. The number of benzene rings is 1. The van der Waals surface area contributed by atoms with Crippen molar-refractivity contribution < 1.29 is 9.00 Å². The van der Waals surface area contributed by atoms with Gasteiger partial charge in [-0.15, -0.1) is 0 Å². The van der Waals surface area contributed by atoms with E-state index in [1.165, 1.54) is 0 Å². The molecule has 0 saturated carbocycles. The number of carbonyl (C=O) groups excluding carboxylic acids is 1. The van der Waals surface area contributed by atoms with Crippen molar-refractivity contribution in [2.24, 2.45) is 0 Å². The van der Waals surface area contributed by atoms with Crippen molar-refractivity contribution in [1.29, 1.82) is 0 Å². The van der Waals surface area contributed by atoms with Gasteiger partial charge in [-0.2, -0.15) is 0 Å². The van der Waals surface area contributed by atoms with Gasteiger partial charge in [0.15, 0.2) is 0 Å². The van der Waals surface area contributed by atoms with E-state index >= 15 is 0 Å². The van der Waals surface area contributed by atoms with Crippen molar-refractivity contribution in [2.75, 3.05) is 12.0 Å². The lowest BCUT2D eigenvalue weighted by Crippen LogP contribution is -2.45. The fraction of sp³-hybridized carbons (Fsp3) is 0.562. The molecule has 1 amide bonds. The van der Waals surface area contributed by atoms with Gasteiger partial charge >= 0.3 is 0 Å². The summed E-state index contributed by atoms with van der Waals surface area (Å²) in [6, 6.07) is 9.90. The molecule has 21 heavy (non-hydrogen) atoms. The van der Waals surface area contributed by atoms with Crippen molar-refractivity contribution in [3.05, 3.63) is 35.9 Å². The zero-order valence-corrected chi connectivity index (χ0v) is 13.9. The van der Waals surface area contributed by atoms with Gasteiger partial charge in [-0.05, 0) is 25.8 Å².